The monoisotopic (exact) mass is 500 g/mol. The Morgan fingerprint density at radius 2 is 1.03 bits per heavy atom. The van der Waals surface area contributed by atoms with E-state index in [4.69, 9.17) is 0 Å². The van der Waals surface area contributed by atoms with Crippen LogP contribution in [-0.4, -0.2) is 9.19 Å². The smallest absolute Gasteiger partial charge is 0.103 e. The average molecular weight is 501 g/mol. The zero-order valence-corrected chi connectivity index (χ0v) is 21.4. The van der Waals surface area contributed by atoms with Crippen molar-refractivity contribution >= 4 is 55.8 Å². The molecular formula is C33H24OS2. The zero-order valence-electron chi connectivity index (χ0n) is 19.8. The van der Waals surface area contributed by atoms with E-state index in [9.17, 15) is 5.11 Å². The van der Waals surface area contributed by atoms with Gasteiger partial charge >= 0.3 is 0 Å². The molecule has 1 aliphatic rings. The Kier molecular flexibility index (Phi) is 5.14. The molecule has 36 heavy (non-hydrogen) atoms. The number of thioether (sulfide) groups is 2. The zero-order chi connectivity index (χ0) is 24.3. The average Bonchev–Trinajstić information content (AvgIpc) is 3.06. The van der Waals surface area contributed by atoms with Crippen LogP contribution in [0, 0.1) is 0 Å². The Bertz CT molecular complexity index is 1700. The number of aliphatic hydroxyl groups excluding tert-OH is 1. The van der Waals surface area contributed by atoms with Gasteiger partial charge in [0.15, 0.2) is 0 Å². The van der Waals surface area contributed by atoms with E-state index in [1.165, 1.54) is 47.8 Å². The van der Waals surface area contributed by atoms with Crippen molar-refractivity contribution in [3.8, 4) is 11.1 Å². The van der Waals surface area contributed by atoms with E-state index in [2.05, 4.69) is 122 Å². The summed E-state index contributed by atoms with van der Waals surface area (Å²) in [4.78, 5) is 2.41. The van der Waals surface area contributed by atoms with Gasteiger partial charge in [0.1, 0.15) is 6.10 Å². The molecule has 0 unspecified atom stereocenters. The number of hydrogen-bond acceptors (Lipinski definition) is 3. The molecule has 0 bridgehead atoms. The van der Waals surface area contributed by atoms with Crippen LogP contribution < -0.4 is 0 Å². The van der Waals surface area contributed by atoms with Crippen LogP contribution in [0.3, 0.4) is 0 Å². The molecule has 6 aromatic rings. The molecule has 0 saturated heterocycles. The molecule has 1 aliphatic heterocycles. The Morgan fingerprint density at radius 1 is 0.556 bits per heavy atom. The van der Waals surface area contributed by atoms with Crippen molar-refractivity contribution in [2.24, 2.45) is 0 Å². The summed E-state index contributed by atoms with van der Waals surface area (Å²) in [5.41, 5.74) is 3.49. The van der Waals surface area contributed by atoms with Gasteiger partial charge in [0.25, 0.3) is 0 Å². The van der Waals surface area contributed by atoms with Crippen LogP contribution in [0.5, 0.6) is 0 Å². The SMILES string of the molecule is CC1([C@H](O)c2ccc3ccccc3c2)Sc2ccc3ccccc3c2-c2c(ccc3ccccc23)S1. The second kappa shape index (κ2) is 8.41. The predicted octanol–water partition coefficient (Wildman–Crippen LogP) is 9.46. The molecule has 1 N–H and O–H groups in total. The third-order valence-corrected chi connectivity index (χ3v) is 10.1. The molecule has 1 heterocycles. The fourth-order valence-electron chi connectivity index (χ4n) is 5.44. The minimum Gasteiger partial charge on any atom is -0.386 e. The highest BCUT2D eigenvalue weighted by Gasteiger charge is 2.40. The van der Waals surface area contributed by atoms with Gasteiger partial charge in [-0.25, -0.2) is 0 Å². The first-order valence-corrected chi connectivity index (χ1v) is 13.8. The van der Waals surface area contributed by atoms with E-state index < -0.39 is 10.2 Å². The van der Waals surface area contributed by atoms with Gasteiger partial charge in [-0.3, -0.25) is 0 Å². The standard InChI is InChI=1S/C33H24OS2/c1-33(32(34)25-15-14-21-8-2-3-11-24(21)20-25)35-28-18-16-22-9-4-6-12-26(22)30(28)31-27-13-7-5-10-23(27)17-19-29(31)36-33/h2-20,32,34H,1H3/t32-/m1/s1. The highest BCUT2D eigenvalue weighted by Crippen LogP contribution is 2.60. The van der Waals surface area contributed by atoms with Gasteiger partial charge in [-0.2, -0.15) is 0 Å². The van der Waals surface area contributed by atoms with E-state index in [0.29, 0.717) is 0 Å². The molecule has 7 rings (SSSR count). The summed E-state index contributed by atoms with van der Waals surface area (Å²) in [5, 5.41) is 19.2. The van der Waals surface area contributed by atoms with Crippen molar-refractivity contribution in [2.45, 2.75) is 26.9 Å². The maximum Gasteiger partial charge on any atom is 0.103 e. The molecule has 1 atom stereocenters. The van der Waals surface area contributed by atoms with Crippen LogP contribution in [0.25, 0.3) is 43.4 Å². The lowest BCUT2D eigenvalue weighted by molar-refractivity contribution is 0.169. The molecule has 174 valence electrons. The molecule has 0 aliphatic carbocycles. The second-order valence-corrected chi connectivity index (χ2v) is 12.8. The van der Waals surface area contributed by atoms with E-state index in [1.807, 2.05) is 0 Å². The molecule has 0 fully saturated rings. The van der Waals surface area contributed by atoms with Crippen molar-refractivity contribution in [1.29, 1.82) is 0 Å². The molecule has 6 aromatic carbocycles. The second-order valence-electron chi connectivity index (χ2n) is 9.55. The molecule has 0 saturated carbocycles. The van der Waals surface area contributed by atoms with E-state index in [0.717, 1.165) is 10.9 Å². The van der Waals surface area contributed by atoms with Crippen molar-refractivity contribution in [3.05, 3.63) is 121 Å². The third kappa shape index (κ3) is 3.46. The summed E-state index contributed by atoms with van der Waals surface area (Å²) in [6.07, 6.45) is -0.658. The van der Waals surface area contributed by atoms with Crippen molar-refractivity contribution in [3.63, 3.8) is 0 Å². The van der Waals surface area contributed by atoms with Crippen LogP contribution in [0.4, 0.5) is 0 Å². The van der Waals surface area contributed by atoms with Gasteiger partial charge < -0.3 is 5.11 Å². The summed E-state index contributed by atoms with van der Waals surface area (Å²) in [6.45, 7) is 2.19. The number of rotatable bonds is 2. The lowest BCUT2D eigenvalue weighted by Gasteiger charge is -2.33. The highest BCUT2D eigenvalue weighted by molar-refractivity contribution is 8.18. The van der Waals surface area contributed by atoms with Crippen LogP contribution in [0.15, 0.2) is 125 Å². The first-order chi connectivity index (χ1) is 17.6. The van der Waals surface area contributed by atoms with Crippen molar-refractivity contribution in [1.82, 2.24) is 0 Å². The van der Waals surface area contributed by atoms with Gasteiger partial charge in [-0.15, -0.1) is 23.5 Å². The minimum absolute atomic E-state index is 0.520. The van der Waals surface area contributed by atoms with Gasteiger partial charge in [0, 0.05) is 20.9 Å². The van der Waals surface area contributed by atoms with Crippen LogP contribution >= 0.6 is 23.5 Å². The normalized spacial score (nSPS) is 15.4. The third-order valence-electron chi connectivity index (χ3n) is 7.24. The Hall–Kier alpha value is -3.24. The minimum atomic E-state index is -0.658. The van der Waals surface area contributed by atoms with Crippen LogP contribution in [-0.2, 0) is 0 Å². The number of hydrogen-bond donors (Lipinski definition) is 1. The highest BCUT2D eigenvalue weighted by atomic mass is 32.2. The number of aliphatic hydroxyl groups is 1. The first kappa shape index (κ1) is 22.0. The quantitative estimate of drug-likeness (QED) is 0.256. The Balaban J connectivity index is 1.48. The Morgan fingerprint density at radius 3 is 1.61 bits per heavy atom. The summed E-state index contributed by atoms with van der Waals surface area (Å²) in [5.74, 6) is 0. The molecular weight excluding hydrogens is 476 g/mol. The molecule has 0 spiro atoms. The van der Waals surface area contributed by atoms with Crippen LogP contribution in [0.1, 0.15) is 18.6 Å². The maximum absolute atomic E-state index is 11.9. The van der Waals surface area contributed by atoms with Gasteiger partial charge in [0.05, 0.1) is 4.08 Å². The van der Waals surface area contributed by atoms with Gasteiger partial charge in [-0.05, 0) is 63.0 Å². The number of fused-ring (bicyclic) bond motifs is 8. The summed E-state index contributed by atoms with van der Waals surface area (Å²) < 4.78 is -0.520. The summed E-state index contributed by atoms with van der Waals surface area (Å²) in [7, 11) is 0. The van der Waals surface area contributed by atoms with E-state index in [-0.39, 0.29) is 0 Å². The van der Waals surface area contributed by atoms with E-state index >= 15 is 0 Å². The van der Waals surface area contributed by atoms with Crippen molar-refractivity contribution < 1.29 is 5.11 Å². The van der Waals surface area contributed by atoms with Gasteiger partial charge in [-0.1, -0.05) is 97.1 Å². The fourth-order valence-corrected chi connectivity index (χ4v) is 8.41. The van der Waals surface area contributed by atoms with Crippen LogP contribution in [0.2, 0.25) is 0 Å². The molecule has 0 aromatic heterocycles. The first-order valence-electron chi connectivity index (χ1n) is 12.2. The molecule has 0 amide bonds. The summed E-state index contributed by atoms with van der Waals surface area (Å²) in [6, 6.07) is 40.9. The molecule has 0 radical (unpaired) electrons. The largest absolute Gasteiger partial charge is 0.386 e. The molecule has 1 nitrogen and oxygen atoms in total. The summed E-state index contributed by atoms with van der Waals surface area (Å²) >= 11 is 3.56. The fraction of sp³-hybridized carbons (Fsp3) is 0.0909. The Labute approximate surface area is 219 Å². The predicted molar refractivity (Wildman–Crippen MR) is 156 cm³/mol. The topological polar surface area (TPSA) is 20.2 Å². The van der Waals surface area contributed by atoms with Gasteiger partial charge in [0.2, 0.25) is 0 Å². The number of benzene rings is 6. The molecule has 3 heteroatoms. The van der Waals surface area contributed by atoms with E-state index in [1.54, 1.807) is 23.5 Å². The lowest BCUT2D eigenvalue weighted by Crippen LogP contribution is -2.25. The maximum atomic E-state index is 11.9. The lowest BCUT2D eigenvalue weighted by atomic mass is 9.94. The van der Waals surface area contributed by atoms with Crippen molar-refractivity contribution in [2.75, 3.05) is 0 Å².